The van der Waals surface area contributed by atoms with Crippen LogP contribution in [0.25, 0.3) is 32.9 Å². The lowest BCUT2D eigenvalue weighted by Gasteiger charge is -2.29. The number of aromatic amines is 1. The first kappa shape index (κ1) is 22.9. The zero-order chi connectivity index (χ0) is 24.9. The molecule has 2 amide bonds. The summed E-state index contributed by atoms with van der Waals surface area (Å²) in [4.78, 5) is 28.0. The van der Waals surface area contributed by atoms with Gasteiger partial charge in [-0.2, -0.15) is 0 Å². The van der Waals surface area contributed by atoms with E-state index in [9.17, 15) is 14.0 Å². The monoisotopic (exact) mass is 474 g/mol. The number of ether oxygens (including phenoxy) is 1. The number of halogens is 1. The number of rotatable bonds is 5. The second-order valence-electron chi connectivity index (χ2n) is 9.21. The van der Waals surface area contributed by atoms with Crippen LogP contribution in [0.4, 0.5) is 4.39 Å². The fraction of sp³-hybridized carbons (Fsp3) is 0.259. The lowest BCUT2D eigenvalue weighted by molar-refractivity contribution is 0.0991. The van der Waals surface area contributed by atoms with Crippen molar-refractivity contribution in [1.82, 2.24) is 4.98 Å². The molecule has 0 atom stereocenters. The van der Waals surface area contributed by atoms with Gasteiger partial charge in [0.2, 0.25) is 5.91 Å². The predicted molar refractivity (Wildman–Crippen MR) is 134 cm³/mol. The van der Waals surface area contributed by atoms with Crippen LogP contribution in [0.5, 0.6) is 5.75 Å². The molecule has 1 aliphatic carbocycles. The van der Waals surface area contributed by atoms with Crippen LogP contribution in [-0.4, -0.2) is 29.9 Å². The molecule has 1 fully saturated rings. The van der Waals surface area contributed by atoms with E-state index in [0.717, 1.165) is 47.6 Å². The number of nitrogens with one attached hydrogen (secondary N) is 1. The quantitative estimate of drug-likeness (QED) is 0.342. The number of primary amides is 2. The highest BCUT2D eigenvalue weighted by Gasteiger charge is 2.29. The predicted octanol–water partition coefficient (Wildman–Crippen LogP) is 4.32. The summed E-state index contributed by atoms with van der Waals surface area (Å²) in [5.41, 5.74) is 21.8. The van der Waals surface area contributed by atoms with Crippen LogP contribution in [-0.2, 0) is 0 Å². The van der Waals surface area contributed by atoms with Crippen LogP contribution in [0.2, 0.25) is 0 Å². The number of aromatic nitrogens is 1. The SMILES string of the molecule is COc1ccc(-c2cc3c([nH]c4cc(C(N)=O)ccc43)c(C(N)=O)c2[C@H]2CC[C@H](N)CC2)cc1F. The van der Waals surface area contributed by atoms with Crippen LogP contribution in [0, 0.1) is 5.82 Å². The number of methoxy groups -OCH3 is 1. The van der Waals surface area contributed by atoms with Crippen LogP contribution < -0.4 is 21.9 Å². The van der Waals surface area contributed by atoms with Gasteiger partial charge in [0.25, 0.3) is 5.91 Å². The van der Waals surface area contributed by atoms with Gasteiger partial charge in [-0.05, 0) is 78.6 Å². The fourth-order valence-electron chi connectivity index (χ4n) is 5.37. The molecule has 180 valence electrons. The van der Waals surface area contributed by atoms with Crippen molar-refractivity contribution in [2.75, 3.05) is 7.11 Å². The topological polar surface area (TPSA) is 137 Å². The second kappa shape index (κ2) is 8.70. The molecule has 0 bridgehead atoms. The van der Waals surface area contributed by atoms with E-state index in [1.807, 2.05) is 6.07 Å². The Morgan fingerprint density at radius 2 is 1.71 bits per heavy atom. The Morgan fingerprint density at radius 3 is 2.34 bits per heavy atom. The number of H-pyrrole nitrogens is 1. The van der Waals surface area contributed by atoms with E-state index in [-0.39, 0.29) is 17.7 Å². The van der Waals surface area contributed by atoms with Gasteiger partial charge in [-0.3, -0.25) is 9.59 Å². The van der Waals surface area contributed by atoms with E-state index in [1.54, 1.807) is 30.3 Å². The first-order valence-corrected chi connectivity index (χ1v) is 11.6. The first-order chi connectivity index (χ1) is 16.8. The first-order valence-electron chi connectivity index (χ1n) is 11.6. The molecule has 5 rings (SSSR count). The van der Waals surface area contributed by atoms with Crippen LogP contribution in [0.1, 0.15) is 57.9 Å². The lowest BCUT2D eigenvalue weighted by Crippen LogP contribution is -2.27. The molecule has 4 aromatic rings. The van der Waals surface area contributed by atoms with Crippen molar-refractivity contribution in [2.45, 2.75) is 37.6 Å². The Kier molecular flexibility index (Phi) is 5.68. The van der Waals surface area contributed by atoms with Gasteiger partial charge in [-0.25, -0.2) is 4.39 Å². The summed E-state index contributed by atoms with van der Waals surface area (Å²) in [6.07, 6.45) is 3.24. The van der Waals surface area contributed by atoms with Crippen molar-refractivity contribution in [3.63, 3.8) is 0 Å². The molecule has 1 saturated carbocycles. The largest absolute Gasteiger partial charge is 0.494 e. The van der Waals surface area contributed by atoms with E-state index in [2.05, 4.69) is 4.98 Å². The van der Waals surface area contributed by atoms with Crippen LogP contribution >= 0.6 is 0 Å². The van der Waals surface area contributed by atoms with Gasteiger partial charge in [0, 0.05) is 27.9 Å². The van der Waals surface area contributed by atoms with Crippen molar-refractivity contribution < 1.29 is 18.7 Å². The second-order valence-corrected chi connectivity index (χ2v) is 9.21. The van der Waals surface area contributed by atoms with E-state index >= 15 is 0 Å². The Hall–Kier alpha value is -3.91. The summed E-state index contributed by atoms with van der Waals surface area (Å²) in [7, 11) is 1.41. The molecule has 8 heteroatoms. The molecule has 7 nitrogen and oxygen atoms in total. The van der Waals surface area contributed by atoms with Gasteiger partial charge in [-0.15, -0.1) is 0 Å². The van der Waals surface area contributed by atoms with Gasteiger partial charge >= 0.3 is 0 Å². The average Bonchev–Trinajstić information content (AvgIpc) is 3.20. The number of fused-ring (bicyclic) bond motifs is 3. The molecule has 0 saturated heterocycles. The van der Waals surface area contributed by atoms with E-state index in [4.69, 9.17) is 21.9 Å². The summed E-state index contributed by atoms with van der Waals surface area (Å²) < 4.78 is 19.9. The van der Waals surface area contributed by atoms with E-state index in [1.165, 1.54) is 13.2 Å². The number of amides is 2. The van der Waals surface area contributed by atoms with Gasteiger partial charge in [0.15, 0.2) is 11.6 Å². The number of hydrogen-bond donors (Lipinski definition) is 4. The Bertz CT molecular complexity index is 1490. The molecular weight excluding hydrogens is 447 g/mol. The van der Waals surface area contributed by atoms with Gasteiger partial charge < -0.3 is 26.9 Å². The standard InChI is InChI=1S/C27H27FN4O3/c1-35-22-9-5-14(10-20(22)28)18-12-19-17-8-4-15(26(30)33)11-21(17)32-25(19)24(27(31)34)23(18)13-2-6-16(29)7-3-13/h4-5,8-13,16,32H,2-3,6-7,29H2,1H3,(H2,30,33)(H2,31,34)/t13-,16-. The molecule has 0 aliphatic heterocycles. The van der Waals surface area contributed by atoms with Crippen molar-refractivity contribution >= 4 is 33.6 Å². The molecule has 1 aliphatic rings. The fourth-order valence-corrected chi connectivity index (χ4v) is 5.37. The van der Waals surface area contributed by atoms with Crippen molar-refractivity contribution in [3.05, 3.63) is 65.0 Å². The zero-order valence-corrected chi connectivity index (χ0v) is 19.4. The zero-order valence-electron chi connectivity index (χ0n) is 19.4. The number of nitrogens with two attached hydrogens (primary N) is 3. The molecule has 0 radical (unpaired) electrons. The maximum absolute atomic E-state index is 14.8. The minimum atomic E-state index is -0.572. The third-order valence-corrected chi connectivity index (χ3v) is 7.11. The summed E-state index contributed by atoms with van der Waals surface area (Å²) in [5, 5.41) is 1.56. The average molecular weight is 475 g/mol. The highest BCUT2D eigenvalue weighted by atomic mass is 19.1. The molecule has 1 aromatic heterocycles. The lowest BCUT2D eigenvalue weighted by atomic mass is 9.76. The third-order valence-electron chi connectivity index (χ3n) is 7.11. The number of carbonyl (C=O) groups is 2. The Labute approximate surface area is 201 Å². The van der Waals surface area contributed by atoms with Crippen LogP contribution in [0.15, 0.2) is 42.5 Å². The molecule has 0 unspecified atom stereocenters. The molecule has 3 aromatic carbocycles. The normalized spacial score (nSPS) is 18.1. The van der Waals surface area contributed by atoms with Gasteiger partial charge in [-0.1, -0.05) is 12.1 Å². The highest BCUT2D eigenvalue weighted by Crippen LogP contribution is 2.44. The maximum Gasteiger partial charge on any atom is 0.251 e. The minimum Gasteiger partial charge on any atom is -0.494 e. The third kappa shape index (κ3) is 3.89. The van der Waals surface area contributed by atoms with Crippen molar-refractivity contribution in [3.8, 4) is 16.9 Å². The maximum atomic E-state index is 14.8. The van der Waals surface area contributed by atoms with Gasteiger partial charge in [0.1, 0.15) is 0 Å². The Morgan fingerprint density at radius 1 is 0.971 bits per heavy atom. The number of hydrogen-bond acceptors (Lipinski definition) is 4. The van der Waals surface area contributed by atoms with E-state index in [0.29, 0.717) is 27.7 Å². The Balaban J connectivity index is 1.85. The minimum absolute atomic E-state index is 0.0365. The smallest absolute Gasteiger partial charge is 0.251 e. The number of carbonyl (C=O) groups excluding carboxylic acids is 2. The van der Waals surface area contributed by atoms with Crippen molar-refractivity contribution in [2.24, 2.45) is 17.2 Å². The van der Waals surface area contributed by atoms with Gasteiger partial charge in [0.05, 0.1) is 18.2 Å². The van der Waals surface area contributed by atoms with Crippen molar-refractivity contribution in [1.29, 1.82) is 0 Å². The summed E-state index contributed by atoms with van der Waals surface area (Å²) in [6, 6.07) is 12.0. The summed E-state index contributed by atoms with van der Waals surface area (Å²) in [6.45, 7) is 0. The molecule has 7 N–H and O–H groups in total. The highest BCUT2D eigenvalue weighted by molar-refractivity contribution is 6.18. The molecule has 1 heterocycles. The van der Waals surface area contributed by atoms with E-state index < -0.39 is 17.6 Å². The summed E-state index contributed by atoms with van der Waals surface area (Å²) >= 11 is 0. The summed E-state index contributed by atoms with van der Waals surface area (Å²) in [5.74, 6) is -1.44. The molecule has 35 heavy (non-hydrogen) atoms. The number of benzene rings is 3. The van der Waals surface area contributed by atoms with Crippen LogP contribution in [0.3, 0.4) is 0 Å². The molecular formula is C27H27FN4O3. The molecule has 0 spiro atoms.